The molecule has 0 amide bonds. The van der Waals surface area contributed by atoms with Gasteiger partial charge in [-0.05, 0) is 25.3 Å². The summed E-state index contributed by atoms with van der Waals surface area (Å²) in [5.41, 5.74) is 0. The van der Waals surface area contributed by atoms with Gasteiger partial charge in [-0.1, -0.05) is 27.7 Å². The molecule has 0 aliphatic rings. The summed E-state index contributed by atoms with van der Waals surface area (Å²) in [6.45, 7) is 14.3. The van der Waals surface area contributed by atoms with E-state index in [1.54, 1.807) is 0 Å². The maximum absolute atomic E-state index is 10.9. The van der Waals surface area contributed by atoms with E-state index in [4.69, 9.17) is 19.3 Å². The normalized spacial score (nSPS) is 11.8. The van der Waals surface area contributed by atoms with E-state index in [1.807, 2.05) is 4.90 Å². The third kappa shape index (κ3) is 19.6. The van der Waals surface area contributed by atoms with Crippen molar-refractivity contribution in [2.24, 2.45) is 5.92 Å². The summed E-state index contributed by atoms with van der Waals surface area (Å²) in [4.78, 5) is 12.9. The Kier molecular flexibility index (Phi) is 17.2. The minimum Gasteiger partial charge on any atom is -0.480 e. The van der Waals surface area contributed by atoms with Gasteiger partial charge in [-0.3, -0.25) is 9.69 Å². The molecule has 0 aliphatic heterocycles. The summed E-state index contributed by atoms with van der Waals surface area (Å²) < 4.78 is 16.4. The van der Waals surface area contributed by atoms with Crippen molar-refractivity contribution < 1.29 is 24.1 Å². The van der Waals surface area contributed by atoms with E-state index in [2.05, 4.69) is 33.0 Å². The molecule has 0 aromatic heterocycles. The summed E-state index contributed by atoms with van der Waals surface area (Å²) in [6, 6.07) is 0.480. The SMILES string of the molecule is CC(C)CCCN(CCOCCOCCOCCNC(C)C)CC(=O)O. The molecule has 0 aliphatic carbocycles. The number of carboxylic acids is 1. The summed E-state index contributed by atoms with van der Waals surface area (Å²) in [6.07, 6.45) is 2.13. The molecule has 7 heteroatoms. The maximum atomic E-state index is 10.9. The van der Waals surface area contributed by atoms with Gasteiger partial charge in [0, 0.05) is 19.1 Å². The number of carbonyl (C=O) groups is 1. The molecule has 0 bridgehead atoms. The number of aliphatic carboxylic acids is 1. The molecule has 0 radical (unpaired) electrons. The first-order valence-electron chi connectivity index (χ1n) is 9.82. The summed E-state index contributed by atoms with van der Waals surface area (Å²) in [7, 11) is 0. The lowest BCUT2D eigenvalue weighted by Gasteiger charge is -2.20. The standard InChI is InChI=1S/C19H40N2O5/c1-17(2)6-5-8-21(16-19(22)23)9-11-25-13-15-26-14-12-24-10-7-20-18(3)4/h17-18,20H,5-16H2,1-4H3,(H,22,23). The molecule has 0 saturated heterocycles. The van der Waals surface area contributed by atoms with Gasteiger partial charge < -0.3 is 24.6 Å². The van der Waals surface area contributed by atoms with Crippen LogP contribution in [-0.4, -0.2) is 87.8 Å². The van der Waals surface area contributed by atoms with Gasteiger partial charge in [0.2, 0.25) is 0 Å². The van der Waals surface area contributed by atoms with E-state index in [0.717, 1.165) is 25.9 Å². The summed E-state index contributed by atoms with van der Waals surface area (Å²) in [5, 5.41) is 12.3. The van der Waals surface area contributed by atoms with Gasteiger partial charge in [0.25, 0.3) is 0 Å². The monoisotopic (exact) mass is 376 g/mol. The molecule has 2 N–H and O–H groups in total. The Morgan fingerprint density at radius 3 is 2.04 bits per heavy atom. The third-order valence-corrected chi connectivity index (χ3v) is 3.71. The Labute approximate surface area is 159 Å². The third-order valence-electron chi connectivity index (χ3n) is 3.71. The first kappa shape index (κ1) is 25.3. The zero-order chi connectivity index (χ0) is 19.6. The Bertz CT molecular complexity index is 327. The molecule has 26 heavy (non-hydrogen) atoms. The van der Waals surface area contributed by atoms with Gasteiger partial charge in [0.1, 0.15) is 0 Å². The van der Waals surface area contributed by atoms with Crippen molar-refractivity contribution in [3.8, 4) is 0 Å². The van der Waals surface area contributed by atoms with Crippen LogP contribution in [0, 0.1) is 5.92 Å². The fourth-order valence-electron chi connectivity index (χ4n) is 2.34. The van der Waals surface area contributed by atoms with E-state index in [1.165, 1.54) is 0 Å². The second-order valence-corrected chi connectivity index (χ2v) is 7.15. The molecule has 0 spiro atoms. The minimum atomic E-state index is -0.790. The number of carboxylic acid groups (broad SMARTS) is 1. The van der Waals surface area contributed by atoms with Crippen molar-refractivity contribution in [1.82, 2.24) is 10.2 Å². The summed E-state index contributed by atoms with van der Waals surface area (Å²) in [5.74, 6) is -0.146. The number of nitrogens with one attached hydrogen (secondary N) is 1. The Hall–Kier alpha value is -0.730. The largest absolute Gasteiger partial charge is 0.480 e. The molecule has 156 valence electrons. The van der Waals surface area contributed by atoms with Crippen LogP contribution in [0.15, 0.2) is 0 Å². The van der Waals surface area contributed by atoms with Gasteiger partial charge in [-0.2, -0.15) is 0 Å². The minimum absolute atomic E-state index is 0.0704. The average molecular weight is 377 g/mol. The van der Waals surface area contributed by atoms with Crippen LogP contribution in [0.2, 0.25) is 0 Å². The van der Waals surface area contributed by atoms with Crippen LogP contribution >= 0.6 is 0 Å². The zero-order valence-electron chi connectivity index (χ0n) is 17.2. The van der Waals surface area contributed by atoms with Crippen LogP contribution in [0.4, 0.5) is 0 Å². The highest BCUT2D eigenvalue weighted by Crippen LogP contribution is 2.04. The van der Waals surface area contributed by atoms with Crippen LogP contribution in [0.1, 0.15) is 40.5 Å². The van der Waals surface area contributed by atoms with Crippen molar-refractivity contribution in [2.45, 2.75) is 46.6 Å². The molecule has 0 rings (SSSR count). The number of ether oxygens (including phenoxy) is 3. The lowest BCUT2D eigenvalue weighted by molar-refractivity contribution is -0.138. The molecule has 7 nitrogen and oxygen atoms in total. The molecule has 0 saturated carbocycles. The van der Waals surface area contributed by atoms with E-state index in [-0.39, 0.29) is 6.54 Å². The molecule has 0 atom stereocenters. The number of nitrogens with zero attached hydrogens (tertiary/aromatic N) is 1. The van der Waals surface area contributed by atoms with E-state index >= 15 is 0 Å². The first-order valence-corrected chi connectivity index (χ1v) is 9.82. The Morgan fingerprint density at radius 1 is 0.923 bits per heavy atom. The molecular formula is C19H40N2O5. The van der Waals surface area contributed by atoms with Crippen LogP contribution in [0.25, 0.3) is 0 Å². The van der Waals surface area contributed by atoms with Crippen molar-refractivity contribution >= 4 is 5.97 Å². The predicted molar refractivity (Wildman–Crippen MR) is 104 cm³/mol. The predicted octanol–water partition coefficient (Wildman–Crippen LogP) is 1.86. The maximum Gasteiger partial charge on any atom is 0.317 e. The van der Waals surface area contributed by atoms with Crippen LogP contribution < -0.4 is 5.32 Å². The van der Waals surface area contributed by atoms with Gasteiger partial charge in [-0.25, -0.2) is 0 Å². The second-order valence-electron chi connectivity index (χ2n) is 7.15. The lowest BCUT2D eigenvalue weighted by Crippen LogP contribution is -2.34. The first-order chi connectivity index (χ1) is 12.4. The van der Waals surface area contributed by atoms with Gasteiger partial charge >= 0.3 is 5.97 Å². The fourth-order valence-corrected chi connectivity index (χ4v) is 2.34. The Morgan fingerprint density at radius 2 is 1.50 bits per heavy atom. The van der Waals surface area contributed by atoms with Gasteiger partial charge in [0.05, 0.1) is 46.2 Å². The number of hydrogen-bond donors (Lipinski definition) is 2. The quantitative estimate of drug-likeness (QED) is 0.333. The van der Waals surface area contributed by atoms with E-state index in [9.17, 15) is 4.79 Å². The summed E-state index contributed by atoms with van der Waals surface area (Å²) >= 11 is 0. The average Bonchev–Trinajstić information content (AvgIpc) is 2.54. The van der Waals surface area contributed by atoms with Crippen molar-refractivity contribution in [2.75, 3.05) is 65.8 Å². The van der Waals surface area contributed by atoms with Crippen molar-refractivity contribution in [1.29, 1.82) is 0 Å². The number of rotatable bonds is 19. The van der Waals surface area contributed by atoms with Gasteiger partial charge in [-0.15, -0.1) is 0 Å². The number of hydrogen-bond acceptors (Lipinski definition) is 6. The van der Waals surface area contributed by atoms with Crippen LogP contribution in [-0.2, 0) is 19.0 Å². The van der Waals surface area contributed by atoms with Crippen LogP contribution in [0.5, 0.6) is 0 Å². The Balaban J connectivity index is 3.49. The van der Waals surface area contributed by atoms with Crippen molar-refractivity contribution in [3.05, 3.63) is 0 Å². The lowest BCUT2D eigenvalue weighted by atomic mass is 10.1. The highest BCUT2D eigenvalue weighted by atomic mass is 16.5. The molecule has 0 unspecified atom stereocenters. The molecule has 0 fully saturated rings. The molecular weight excluding hydrogens is 336 g/mol. The smallest absolute Gasteiger partial charge is 0.317 e. The van der Waals surface area contributed by atoms with Crippen molar-refractivity contribution in [3.63, 3.8) is 0 Å². The zero-order valence-corrected chi connectivity index (χ0v) is 17.2. The van der Waals surface area contributed by atoms with E-state index in [0.29, 0.717) is 58.1 Å². The highest BCUT2D eigenvalue weighted by molar-refractivity contribution is 5.69. The topological polar surface area (TPSA) is 80.3 Å². The van der Waals surface area contributed by atoms with Crippen LogP contribution in [0.3, 0.4) is 0 Å². The van der Waals surface area contributed by atoms with E-state index < -0.39 is 5.97 Å². The highest BCUT2D eigenvalue weighted by Gasteiger charge is 2.09. The second kappa shape index (κ2) is 17.7. The van der Waals surface area contributed by atoms with Gasteiger partial charge in [0.15, 0.2) is 0 Å². The fraction of sp³-hybridized carbons (Fsp3) is 0.947. The molecule has 0 heterocycles. The molecule has 0 aromatic carbocycles. The molecule has 0 aromatic rings.